The van der Waals surface area contributed by atoms with Crippen molar-refractivity contribution in [3.8, 4) is 0 Å². The summed E-state index contributed by atoms with van der Waals surface area (Å²) in [6, 6.07) is 1.56. The second kappa shape index (κ2) is 5.71. The van der Waals surface area contributed by atoms with E-state index in [1.54, 1.807) is 17.3 Å². The van der Waals surface area contributed by atoms with E-state index in [0.717, 1.165) is 5.56 Å². The van der Waals surface area contributed by atoms with Crippen LogP contribution in [0.2, 0.25) is 0 Å². The van der Waals surface area contributed by atoms with E-state index in [1.165, 1.54) is 0 Å². The maximum Gasteiger partial charge on any atom is 0.321 e. The Morgan fingerprint density at radius 3 is 2.67 bits per heavy atom. The van der Waals surface area contributed by atoms with Crippen molar-refractivity contribution in [1.82, 2.24) is 9.88 Å². The number of carboxylic acids is 1. The van der Waals surface area contributed by atoms with E-state index in [2.05, 4.69) is 10.3 Å². The van der Waals surface area contributed by atoms with Gasteiger partial charge in [0.1, 0.15) is 0 Å². The number of urea groups is 1. The first-order valence-corrected chi connectivity index (χ1v) is 7.06. The lowest BCUT2D eigenvalue weighted by atomic mass is 9.76. The highest BCUT2D eigenvalue weighted by Crippen LogP contribution is 2.38. The molecule has 1 saturated heterocycles. The van der Waals surface area contributed by atoms with Crippen molar-refractivity contribution in [2.24, 2.45) is 11.3 Å². The van der Waals surface area contributed by atoms with Crippen LogP contribution in [0.15, 0.2) is 18.5 Å². The molecule has 2 rings (SSSR count). The van der Waals surface area contributed by atoms with Gasteiger partial charge in [0.25, 0.3) is 0 Å². The summed E-state index contributed by atoms with van der Waals surface area (Å²) < 4.78 is 0. The predicted octanol–water partition coefficient (Wildman–Crippen LogP) is 2.35. The molecule has 2 heterocycles. The molecule has 1 unspecified atom stereocenters. The average Bonchev–Trinajstić information content (AvgIpc) is 2.85. The van der Waals surface area contributed by atoms with Crippen LogP contribution in [0.5, 0.6) is 0 Å². The summed E-state index contributed by atoms with van der Waals surface area (Å²) in [6.07, 6.45) is 3.77. The van der Waals surface area contributed by atoms with Crippen LogP contribution in [0.25, 0.3) is 0 Å². The second-order valence-electron chi connectivity index (χ2n) is 5.97. The Balaban J connectivity index is 2.07. The molecule has 0 saturated carbocycles. The van der Waals surface area contributed by atoms with Crippen molar-refractivity contribution in [3.63, 3.8) is 0 Å². The normalized spacial score (nSPS) is 21.6. The molecule has 0 radical (unpaired) electrons. The van der Waals surface area contributed by atoms with Crippen LogP contribution in [0.1, 0.15) is 25.8 Å². The molecule has 114 valence electrons. The highest BCUT2D eigenvalue weighted by Gasteiger charge is 2.48. The molecule has 1 aromatic rings. The van der Waals surface area contributed by atoms with Gasteiger partial charge in [0.15, 0.2) is 0 Å². The number of hydrogen-bond acceptors (Lipinski definition) is 3. The van der Waals surface area contributed by atoms with Crippen LogP contribution in [0.4, 0.5) is 10.5 Å². The molecule has 1 aliphatic rings. The maximum absolute atomic E-state index is 12.3. The maximum atomic E-state index is 12.3. The number of nitrogens with one attached hydrogen (secondary N) is 1. The number of carbonyl (C=O) groups excluding carboxylic acids is 1. The molecule has 6 nitrogen and oxygen atoms in total. The fourth-order valence-corrected chi connectivity index (χ4v) is 2.73. The van der Waals surface area contributed by atoms with Gasteiger partial charge >= 0.3 is 12.0 Å². The molecule has 0 bridgehead atoms. The molecule has 1 fully saturated rings. The largest absolute Gasteiger partial charge is 0.481 e. The number of nitrogens with zero attached hydrogens (tertiary/aromatic N) is 2. The molecule has 2 N–H and O–H groups in total. The van der Waals surface area contributed by atoms with Gasteiger partial charge in [-0.05, 0) is 30.9 Å². The van der Waals surface area contributed by atoms with Crippen LogP contribution in [-0.2, 0) is 4.79 Å². The number of anilines is 1. The van der Waals surface area contributed by atoms with Crippen molar-refractivity contribution in [3.05, 3.63) is 24.0 Å². The molecular weight excluding hydrogens is 270 g/mol. The molecular formula is C15H21N3O3. The van der Waals surface area contributed by atoms with Gasteiger partial charge in [0, 0.05) is 19.3 Å². The molecule has 1 atom stereocenters. The first-order chi connectivity index (χ1) is 9.85. The number of carboxylic acid groups (broad SMARTS) is 1. The van der Waals surface area contributed by atoms with Crippen LogP contribution in [0.3, 0.4) is 0 Å². The van der Waals surface area contributed by atoms with E-state index < -0.39 is 11.4 Å². The first kappa shape index (κ1) is 15.3. The highest BCUT2D eigenvalue weighted by molar-refractivity contribution is 5.90. The highest BCUT2D eigenvalue weighted by atomic mass is 16.4. The molecule has 6 heteroatoms. The molecule has 0 aliphatic carbocycles. The topological polar surface area (TPSA) is 82.5 Å². The summed E-state index contributed by atoms with van der Waals surface area (Å²) >= 11 is 0. The number of aryl methyl sites for hydroxylation is 1. The Labute approximate surface area is 124 Å². The molecule has 21 heavy (non-hydrogen) atoms. The van der Waals surface area contributed by atoms with Crippen LogP contribution in [0, 0.1) is 18.3 Å². The van der Waals surface area contributed by atoms with Crippen LogP contribution in [-0.4, -0.2) is 40.1 Å². The lowest BCUT2D eigenvalue weighted by Gasteiger charge is -2.28. The Morgan fingerprint density at radius 1 is 1.43 bits per heavy atom. The fraction of sp³-hybridized carbons (Fsp3) is 0.533. The molecule has 0 aromatic carbocycles. The van der Waals surface area contributed by atoms with Crippen molar-refractivity contribution in [1.29, 1.82) is 0 Å². The second-order valence-corrected chi connectivity index (χ2v) is 5.97. The van der Waals surface area contributed by atoms with Crippen molar-refractivity contribution in [2.45, 2.75) is 27.2 Å². The van der Waals surface area contributed by atoms with Gasteiger partial charge in [-0.2, -0.15) is 0 Å². The minimum Gasteiger partial charge on any atom is -0.481 e. The summed E-state index contributed by atoms with van der Waals surface area (Å²) in [5.41, 5.74) is 0.732. The zero-order valence-electron chi connectivity index (χ0n) is 12.6. The minimum atomic E-state index is -0.845. The number of carbonyl (C=O) groups is 2. The zero-order valence-corrected chi connectivity index (χ0v) is 12.6. The number of hydrogen-bond donors (Lipinski definition) is 2. The van der Waals surface area contributed by atoms with E-state index >= 15 is 0 Å². The van der Waals surface area contributed by atoms with E-state index in [0.29, 0.717) is 18.7 Å². The molecule has 2 amide bonds. The van der Waals surface area contributed by atoms with E-state index in [9.17, 15) is 14.7 Å². The number of aliphatic carboxylic acids is 1. The van der Waals surface area contributed by atoms with Crippen molar-refractivity contribution in [2.75, 3.05) is 18.4 Å². The zero-order chi connectivity index (χ0) is 15.6. The third kappa shape index (κ3) is 2.99. The number of aromatic nitrogens is 1. The van der Waals surface area contributed by atoms with Gasteiger partial charge in [-0.15, -0.1) is 0 Å². The number of amides is 2. The third-order valence-electron chi connectivity index (χ3n) is 4.25. The van der Waals surface area contributed by atoms with E-state index in [4.69, 9.17) is 0 Å². The summed E-state index contributed by atoms with van der Waals surface area (Å²) in [7, 11) is 0. The lowest BCUT2D eigenvalue weighted by Crippen LogP contribution is -2.41. The van der Waals surface area contributed by atoms with Crippen LogP contribution >= 0.6 is 0 Å². The van der Waals surface area contributed by atoms with Crippen molar-refractivity contribution >= 4 is 17.7 Å². The molecule has 1 aliphatic heterocycles. The minimum absolute atomic E-state index is 0.0200. The molecule has 0 spiro atoms. The van der Waals surface area contributed by atoms with E-state index in [1.807, 2.05) is 26.8 Å². The van der Waals surface area contributed by atoms with Gasteiger partial charge in [-0.25, -0.2) is 4.79 Å². The Morgan fingerprint density at radius 2 is 2.14 bits per heavy atom. The number of pyridine rings is 1. The van der Waals surface area contributed by atoms with Crippen molar-refractivity contribution < 1.29 is 14.7 Å². The number of likely N-dealkylation sites (tertiary alicyclic amines) is 1. The summed E-state index contributed by atoms with van der Waals surface area (Å²) in [4.78, 5) is 29.4. The first-order valence-electron chi connectivity index (χ1n) is 7.06. The Kier molecular flexibility index (Phi) is 4.16. The average molecular weight is 291 g/mol. The Bertz CT molecular complexity index is 559. The summed E-state index contributed by atoms with van der Waals surface area (Å²) in [5, 5.41) is 12.3. The Hall–Kier alpha value is -2.11. The van der Waals surface area contributed by atoms with Gasteiger partial charge in [0.2, 0.25) is 0 Å². The van der Waals surface area contributed by atoms with E-state index in [-0.39, 0.29) is 18.5 Å². The third-order valence-corrected chi connectivity index (χ3v) is 4.25. The fourth-order valence-electron chi connectivity index (χ4n) is 2.73. The summed E-state index contributed by atoms with van der Waals surface area (Å²) in [5.74, 6) is -0.849. The smallest absolute Gasteiger partial charge is 0.321 e. The molecule has 1 aromatic heterocycles. The monoisotopic (exact) mass is 291 g/mol. The number of rotatable bonds is 3. The predicted molar refractivity (Wildman–Crippen MR) is 79.1 cm³/mol. The van der Waals surface area contributed by atoms with Gasteiger partial charge < -0.3 is 15.3 Å². The van der Waals surface area contributed by atoms with Gasteiger partial charge in [0.05, 0.1) is 17.3 Å². The summed E-state index contributed by atoms with van der Waals surface area (Å²) in [6.45, 7) is 6.37. The van der Waals surface area contributed by atoms with Gasteiger partial charge in [-0.3, -0.25) is 9.78 Å². The standard InChI is InChI=1S/C15H21N3O3/c1-10(2)15(13(19)20)4-5-18(9-15)14(21)17-12-6-11(3)7-16-8-12/h6-8,10H,4-5,9H2,1-3H3,(H,17,21)(H,19,20). The quantitative estimate of drug-likeness (QED) is 0.895. The SMILES string of the molecule is Cc1cncc(NC(=O)N2CCC(C(=O)O)(C(C)C)C2)c1. The van der Waals surface area contributed by atoms with Crippen LogP contribution < -0.4 is 5.32 Å². The van der Waals surface area contributed by atoms with Gasteiger partial charge in [-0.1, -0.05) is 13.8 Å². The lowest BCUT2D eigenvalue weighted by molar-refractivity contribution is -0.150.